The second-order valence-corrected chi connectivity index (χ2v) is 4.40. The summed E-state index contributed by atoms with van der Waals surface area (Å²) in [6.45, 7) is 0. The van der Waals surface area contributed by atoms with E-state index < -0.39 is 17.5 Å². The van der Waals surface area contributed by atoms with Gasteiger partial charge in [0.2, 0.25) is 0 Å². The summed E-state index contributed by atoms with van der Waals surface area (Å²) in [6, 6.07) is 7.59. The lowest BCUT2D eigenvalue weighted by Gasteiger charge is -2.08. The summed E-state index contributed by atoms with van der Waals surface area (Å²) in [5.74, 6) is -2.25. The molecule has 0 saturated carbocycles. The lowest BCUT2D eigenvalue weighted by molar-refractivity contribution is 0.112. The zero-order chi connectivity index (χ0) is 15.8. The van der Waals surface area contributed by atoms with Crippen molar-refractivity contribution in [2.75, 3.05) is 11.8 Å². The van der Waals surface area contributed by atoms with E-state index in [9.17, 15) is 18.0 Å². The number of aldehydes is 1. The Hall–Kier alpha value is -1.99. The van der Waals surface area contributed by atoms with Crippen molar-refractivity contribution < 1.29 is 23.1 Å². The van der Waals surface area contributed by atoms with Crippen LogP contribution >= 0.6 is 11.9 Å². The molecule has 0 spiro atoms. The Balaban J connectivity index is 0.00000106. The predicted octanol–water partition coefficient (Wildman–Crippen LogP) is 3.64. The lowest BCUT2D eigenvalue weighted by Crippen LogP contribution is -1.97. The van der Waals surface area contributed by atoms with Gasteiger partial charge in [-0.15, -0.1) is 0 Å². The van der Waals surface area contributed by atoms with Gasteiger partial charge in [-0.1, -0.05) is 12.1 Å². The molecule has 2 aromatic rings. The third-order valence-electron chi connectivity index (χ3n) is 2.34. The van der Waals surface area contributed by atoms with Crippen LogP contribution in [0, 0.1) is 17.5 Å². The highest BCUT2D eigenvalue weighted by atomic mass is 32.2. The number of nitrogens with one attached hydrogen (secondary N) is 1. The van der Waals surface area contributed by atoms with Gasteiger partial charge in [-0.25, -0.2) is 13.2 Å². The van der Waals surface area contributed by atoms with Crippen LogP contribution in [0.4, 0.5) is 18.9 Å². The molecule has 0 aliphatic rings. The quantitative estimate of drug-likeness (QED) is 0.668. The highest BCUT2D eigenvalue weighted by molar-refractivity contribution is 8.00. The number of benzene rings is 2. The highest BCUT2D eigenvalue weighted by Crippen LogP contribution is 2.28. The smallest absolute Gasteiger partial charge is 0.157 e. The molecular weight excluding hydrogens is 303 g/mol. The summed E-state index contributed by atoms with van der Waals surface area (Å²) in [5.41, 5.74) is -0.142. The molecule has 112 valence electrons. The van der Waals surface area contributed by atoms with Gasteiger partial charge >= 0.3 is 0 Å². The standard InChI is InChI=1S/C13H8F3NOS.CH4O/c14-9-4-2-5-10(15)13(9)19-17-11-6-1-3-8(7-18)12(11)16;1-2/h1-7,17H;2H,1H3. The van der Waals surface area contributed by atoms with E-state index in [-0.39, 0.29) is 16.1 Å². The van der Waals surface area contributed by atoms with Crippen LogP contribution in [-0.2, 0) is 0 Å². The van der Waals surface area contributed by atoms with Crippen molar-refractivity contribution in [2.24, 2.45) is 0 Å². The van der Waals surface area contributed by atoms with Crippen LogP contribution in [0.1, 0.15) is 10.4 Å². The molecule has 2 rings (SSSR count). The monoisotopic (exact) mass is 315 g/mol. The third kappa shape index (κ3) is 4.24. The molecule has 0 amide bonds. The summed E-state index contributed by atoms with van der Waals surface area (Å²) in [7, 11) is 1.00. The summed E-state index contributed by atoms with van der Waals surface area (Å²) in [4.78, 5) is 10.3. The molecule has 7 heteroatoms. The average molecular weight is 315 g/mol. The van der Waals surface area contributed by atoms with Gasteiger partial charge in [-0.3, -0.25) is 4.79 Å². The van der Waals surface area contributed by atoms with Crippen LogP contribution < -0.4 is 4.72 Å². The molecule has 0 aliphatic carbocycles. The number of aliphatic hydroxyl groups is 1. The van der Waals surface area contributed by atoms with Crippen molar-refractivity contribution in [3.05, 3.63) is 59.4 Å². The number of carbonyl (C=O) groups excluding carboxylic acids is 1. The molecule has 0 aliphatic heterocycles. The predicted molar refractivity (Wildman–Crippen MR) is 75.8 cm³/mol. The largest absolute Gasteiger partial charge is 0.400 e. The molecule has 0 saturated heterocycles. The van der Waals surface area contributed by atoms with Crippen molar-refractivity contribution >= 4 is 23.9 Å². The van der Waals surface area contributed by atoms with Crippen molar-refractivity contribution in [1.29, 1.82) is 0 Å². The van der Waals surface area contributed by atoms with Gasteiger partial charge in [-0.2, -0.15) is 0 Å². The minimum Gasteiger partial charge on any atom is -0.400 e. The summed E-state index contributed by atoms with van der Waals surface area (Å²) >= 11 is 0.604. The molecule has 0 radical (unpaired) electrons. The molecular formula is C14H12F3NO2S. The first-order chi connectivity index (χ1) is 10.1. The van der Waals surface area contributed by atoms with Crippen molar-refractivity contribution in [3.63, 3.8) is 0 Å². The number of carbonyl (C=O) groups is 1. The Kier molecular flexibility index (Phi) is 6.77. The number of halogens is 3. The Morgan fingerprint density at radius 2 is 1.62 bits per heavy atom. The number of hydrogen-bond acceptors (Lipinski definition) is 4. The second-order valence-electron chi connectivity index (χ2n) is 3.58. The van der Waals surface area contributed by atoms with Gasteiger partial charge < -0.3 is 9.83 Å². The molecule has 0 aromatic heterocycles. The molecule has 0 heterocycles. The van der Waals surface area contributed by atoms with Crippen molar-refractivity contribution in [2.45, 2.75) is 4.90 Å². The summed E-state index contributed by atoms with van der Waals surface area (Å²) in [6.07, 6.45) is 0.370. The van der Waals surface area contributed by atoms with E-state index >= 15 is 0 Å². The van der Waals surface area contributed by atoms with Crippen LogP contribution in [0.15, 0.2) is 41.3 Å². The SMILES string of the molecule is CO.O=Cc1cccc(NSc2c(F)cccc2F)c1F. The first-order valence-corrected chi connectivity index (χ1v) is 6.50. The molecule has 0 atom stereocenters. The molecule has 2 aromatic carbocycles. The van der Waals surface area contributed by atoms with Crippen molar-refractivity contribution in [1.82, 2.24) is 0 Å². The molecule has 0 bridgehead atoms. The Bertz CT molecular complexity index is 603. The minimum absolute atomic E-state index is 0.0164. The fourth-order valence-electron chi connectivity index (χ4n) is 1.41. The summed E-state index contributed by atoms with van der Waals surface area (Å²) in [5, 5.41) is 7.00. The van der Waals surface area contributed by atoms with Gasteiger partial charge in [0.1, 0.15) is 11.6 Å². The number of hydrogen-bond donors (Lipinski definition) is 2. The number of anilines is 1. The highest BCUT2D eigenvalue weighted by Gasteiger charge is 2.12. The molecule has 3 nitrogen and oxygen atoms in total. The minimum atomic E-state index is -0.762. The van der Waals surface area contributed by atoms with Crippen LogP contribution in [0.3, 0.4) is 0 Å². The molecule has 21 heavy (non-hydrogen) atoms. The zero-order valence-electron chi connectivity index (χ0n) is 10.9. The number of rotatable bonds is 4. The lowest BCUT2D eigenvalue weighted by atomic mass is 10.2. The van der Waals surface area contributed by atoms with E-state index in [0.29, 0.717) is 18.2 Å². The van der Waals surface area contributed by atoms with E-state index in [1.807, 2.05) is 0 Å². The van der Waals surface area contributed by atoms with E-state index in [1.165, 1.54) is 24.3 Å². The first-order valence-electron chi connectivity index (χ1n) is 5.68. The van der Waals surface area contributed by atoms with Crippen LogP contribution in [0.25, 0.3) is 0 Å². The van der Waals surface area contributed by atoms with Gasteiger partial charge in [0.25, 0.3) is 0 Å². The van der Waals surface area contributed by atoms with E-state index in [4.69, 9.17) is 5.11 Å². The van der Waals surface area contributed by atoms with Crippen LogP contribution in [0.2, 0.25) is 0 Å². The van der Waals surface area contributed by atoms with Crippen LogP contribution in [-0.4, -0.2) is 18.5 Å². The maximum absolute atomic E-state index is 13.7. The van der Waals surface area contributed by atoms with Gasteiger partial charge in [0.15, 0.2) is 12.1 Å². The average Bonchev–Trinajstić information content (AvgIpc) is 2.50. The molecule has 0 unspecified atom stereocenters. The number of aliphatic hydroxyl groups excluding tert-OH is 1. The van der Waals surface area contributed by atoms with E-state index in [1.54, 1.807) is 0 Å². The maximum atomic E-state index is 13.7. The normalized spacial score (nSPS) is 9.57. The Morgan fingerprint density at radius 1 is 1.05 bits per heavy atom. The van der Waals surface area contributed by atoms with Gasteiger partial charge in [-0.05, 0) is 36.2 Å². The third-order valence-corrected chi connectivity index (χ3v) is 3.25. The van der Waals surface area contributed by atoms with Crippen molar-refractivity contribution in [3.8, 4) is 0 Å². The molecule has 0 fully saturated rings. The Morgan fingerprint density at radius 3 is 2.19 bits per heavy atom. The van der Waals surface area contributed by atoms with Gasteiger partial charge in [0.05, 0.1) is 16.1 Å². The van der Waals surface area contributed by atoms with E-state index in [0.717, 1.165) is 19.2 Å². The van der Waals surface area contributed by atoms with Gasteiger partial charge in [0, 0.05) is 7.11 Å². The molecule has 2 N–H and O–H groups in total. The fourth-order valence-corrected chi connectivity index (χ4v) is 2.11. The second kappa shape index (κ2) is 8.33. The summed E-state index contributed by atoms with van der Waals surface area (Å²) < 4.78 is 42.9. The van der Waals surface area contributed by atoms with E-state index in [2.05, 4.69) is 4.72 Å². The maximum Gasteiger partial charge on any atom is 0.157 e. The Labute approximate surface area is 123 Å². The first kappa shape index (κ1) is 17.1. The zero-order valence-corrected chi connectivity index (χ0v) is 11.8. The fraction of sp³-hybridized carbons (Fsp3) is 0.0714. The topological polar surface area (TPSA) is 49.3 Å². The van der Waals surface area contributed by atoms with Crippen LogP contribution in [0.5, 0.6) is 0 Å².